The third-order valence-corrected chi connectivity index (χ3v) is 2.96. The predicted molar refractivity (Wildman–Crippen MR) is 77.6 cm³/mol. The molecule has 20 heavy (non-hydrogen) atoms. The monoisotopic (exact) mass is 281 g/mol. The second-order valence-electron chi connectivity index (χ2n) is 4.73. The third-order valence-electron chi connectivity index (χ3n) is 2.96. The Morgan fingerprint density at radius 1 is 1.10 bits per heavy atom. The molecule has 0 saturated heterocycles. The second-order valence-corrected chi connectivity index (χ2v) is 4.73. The van der Waals surface area contributed by atoms with Gasteiger partial charge in [0, 0.05) is 12.5 Å². The number of benzene rings is 1. The highest BCUT2D eigenvalue weighted by molar-refractivity contribution is 5.77. The van der Waals surface area contributed by atoms with E-state index in [1.807, 2.05) is 26.0 Å². The van der Waals surface area contributed by atoms with Gasteiger partial charge in [0.15, 0.2) is 11.5 Å². The number of carbonyl (C=O) groups is 1. The summed E-state index contributed by atoms with van der Waals surface area (Å²) in [7, 11) is 4.74. The first-order valence-corrected chi connectivity index (χ1v) is 6.60. The first kappa shape index (κ1) is 16.1. The van der Waals surface area contributed by atoms with Crippen LogP contribution in [0.3, 0.4) is 0 Å². The summed E-state index contributed by atoms with van der Waals surface area (Å²) in [5, 5.41) is 2.88. The van der Waals surface area contributed by atoms with Crippen molar-refractivity contribution in [3.05, 3.63) is 17.7 Å². The molecule has 0 aliphatic rings. The largest absolute Gasteiger partial charge is 0.493 e. The number of hydrogen-bond donors (Lipinski definition) is 1. The fourth-order valence-corrected chi connectivity index (χ4v) is 1.81. The van der Waals surface area contributed by atoms with E-state index in [2.05, 4.69) is 5.32 Å². The van der Waals surface area contributed by atoms with Crippen LogP contribution in [0.4, 0.5) is 0 Å². The highest BCUT2D eigenvalue weighted by atomic mass is 16.5. The number of carbonyl (C=O) groups excluding carboxylic acids is 1. The van der Waals surface area contributed by atoms with E-state index in [1.54, 1.807) is 21.3 Å². The van der Waals surface area contributed by atoms with Crippen molar-refractivity contribution in [1.82, 2.24) is 5.32 Å². The van der Waals surface area contributed by atoms with Gasteiger partial charge in [-0.3, -0.25) is 4.79 Å². The van der Waals surface area contributed by atoms with E-state index < -0.39 is 0 Å². The smallest absolute Gasteiger partial charge is 0.222 e. The van der Waals surface area contributed by atoms with Gasteiger partial charge in [0.05, 0.1) is 21.3 Å². The van der Waals surface area contributed by atoms with Crippen molar-refractivity contribution < 1.29 is 19.0 Å². The third kappa shape index (κ3) is 4.05. The lowest BCUT2D eigenvalue weighted by molar-refractivity contribution is -0.123. The molecule has 0 unspecified atom stereocenters. The van der Waals surface area contributed by atoms with Crippen molar-refractivity contribution in [2.75, 3.05) is 27.9 Å². The molecule has 0 bridgehead atoms. The van der Waals surface area contributed by atoms with Gasteiger partial charge < -0.3 is 19.5 Å². The van der Waals surface area contributed by atoms with Crippen LogP contribution in [0.5, 0.6) is 17.2 Å². The topological polar surface area (TPSA) is 56.8 Å². The summed E-state index contributed by atoms with van der Waals surface area (Å²) in [4.78, 5) is 11.5. The van der Waals surface area contributed by atoms with E-state index in [-0.39, 0.29) is 11.8 Å². The Labute approximate surface area is 120 Å². The number of amides is 1. The lowest BCUT2D eigenvalue weighted by Crippen LogP contribution is -2.29. The summed E-state index contributed by atoms with van der Waals surface area (Å²) < 4.78 is 15.9. The van der Waals surface area contributed by atoms with Crippen molar-refractivity contribution >= 4 is 5.91 Å². The molecule has 1 rings (SSSR count). The molecule has 0 fully saturated rings. The zero-order chi connectivity index (χ0) is 15.1. The molecule has 0 heterocycles. The molecule has 0 radical (unpaired) electrons. The first-order chi connectivity index (χ1) is 9.53. The van der Waals surface area contributed by atoms with Crippen LogP contribution in [0.25, 0.3) is 0 Å². The zero-order valence-electron chi connectivity index (χ0n) is 12.8. The maximum Gasteiger partial charge on any atom is 0.222 e. The lowest BCUT2D eigenvalue weighted by Gasteiger charge is -2.14. The molecule has 0 saturated carbocycles. The maximum atomic E-state index is 11.5. The molecule has 1 aromatic carbocycles. The molecule has 1 N–H and O–H groups in total. The number of nitrogens with one attached hydrogen (secondary N) is 1. The van der Waals surface area contributed by atoms with E-state index in [4.69, 9.17) is 14.2 Å². The molecule has 0 aromatic heterocycles. The first-order valence-electron chi connectivity index (χ1n) is 6.60. The standard InChI is InChI=1S/C15H23NO4/c1-10(2)15(17)16-7-6-11-8-12(18-3)14(20-5)13(9-11)19-4/h8-10H,6-7H2,1-5H3,(H,16,17). The minimum Gasteiger partial charge on any atom is -0.493 e. The molecule has 5 nitrogen and oxygen atoms in total. The zero-order valence-corrected chi connectivity index (χ0v) is 12.8. The highest BCUT2D eigenvalue weighted by Gasteiger charge is 2.13. The van der Waals surface area contributed by atoms with E-state index in [1.165, 1.54) is 0 Å². The Morgan fingerprint density at radius 3 is 2.05 bits per heavy atom. The van der Waals surface area contributed by atoms with Gasteiger partial charge in [0.2, 0.25) is 11.7 Å². The van der Waals surface area contributed by atoms with Gasteiger partial charge in [-0.05, 0) is 24.1 Å². The molecule has 5 heteroatoms. The fraction of sp³-hybridized carbons (Fsp3) is 0.533. The van der Waals surface area contributed by atoms with Crippen LogP contribution in [-0.4, -0.2) is 33.8 Å². The van der Waals surface area contributed by atoms with Crippen LogP contribution in [0, 0.1) is 5.92 Å². The van der Waals surface area contributed by atoms with Gasteiger partial charge in [-0.2, -0.15) is 0 Å². The summed E-state index contributed by atoms with van der Waals surface area (Å²) in [5.41, 5.74) is 1.02. The molecule has 1 aromatic rings. The minimum atomic E-state index is -0.00469. The molecule has 0 aliphatic heterocycles. The normalized spacial score (nSPS) is 10.3. The quantitative estimate of drug-likeness (QED) is 0.831. The Balaban J connectivity index is 2.78. The number of hydrogen-bond acceptors (Lipinski definition) is 4. The average Bonchev–Trinajstić information content (AvgIpc) is 2.45. The van der Waals surface area contributed by atoms with E-state index >= 15 is 0 Å². The summed E-state index contributed by atoms with van der Waals surface area (Å²) >= 11 is 0. The SMILES string of the molecule is COc1cc(CCNC(=O)C(C)C)cc(OC)c1OC. The number of ether oxygens (including phenoxy) is 3. The van der Waals surface area contributed by atoms with E-state index in [0.29, 0.717) is 30.2 Å². The Morgan fingerprint density at radius 2 is 1.65 bits per heavy atom. The molecule has 0 spiro atoms. The van der Waals surface area contributed by atoms with Gasteiger partial charge in [-0.1, -0.05) is 13.8 Å². The minimum absolute atomic E-state index is 0.00469. The number of methoxy groups -OCH3 is 3. The van der Waals surface area contributed by atoms with Gasteiger partial charge in [-0.25, -0.2) is 0 Å². The van der Waals surface area contributed by atoms with Crippen LogP contribution in [0.1, 0.15) is 19.4 Å². The van der Waals surface area contributed by atoms with Gasteiger partial charge >= 0.3 is 0 Å². The van der Waals surface area contributed by atoms with Crippen LogP contribution in [0.15, 0.2) is 12.1 Å². The average molecular weight is 281 g/mol. The lowest BCUT2D eigenvalue weighted by atomic mass is 10.1. The van der Waals surface area contributed by atoms with Crippen molar-refractivity contribution in [2.45, 2.75) is 20.3 Å². The van der Waals surface area contributed by atoms with Crippen LogP contribution in [-0.2, 0) is 11.2 Å². The molecule has 0 atom stereocenters. The second kappa shape index (κ2) is 7.62. The van der Waals surface area contributed by atoms with Crippen LogP contribution in [0.2, 0.25) is 0 Å². The summed E-state index contributed by atoms with van der Waals surface area (Å²) in [6.45, 7) is 4.32. The molecule has 1 amide bonds. The fourth-order valence-electron chi connectivity index (χ4n) is 1.81. The summed E-state index contributed by atoms with van der Waals surface area (Å²) in [6.07, 6.45) is 0.704. The van der Waals surface area contributed by atoms with Crippen molar-refractivity contribution in [1.29, 1.82) is 0 Å². The van der Waals surface area contributed by atoms with Crippen LogP contribution < -0.4 is 19.5 Å². The van der Waals surface area contributed by atoms with E-state index in [9.17, 15) is 4.79 Å². The molecule has 112 valence electrons. The maximum absolute atomic E-state index is 11.5. The van der Waals surface area contributed by atoms with Gasteiger partial charge in [0.25, 0.3) is 0 Å². The Bertz CT molecular complexity index is 432. The van der Waals surface area contributed by atoms with Gasteiger partial charge in [-0.15, -0.1) is 0 Å². The van der Waals surface area contributed by atoms with E-state index in [0.717, 1.165) is 5.56 Å². The molecular formula is C15H23NO4. The van der Waals surface area contributed by atoms with Crippen molar-refractivity contribution in [2.24, 2.45) is 5.92 Å². The number of rotatable bonds is 7. The predicted octanol–water partition coefficient (Wildman–Crippen LogP) is 2.03. The Hall–Kier alpha value is -1.91. The molecular weight excluding hydrogens is 258 g/mol. The highest BCUT2D eigenvalue weighted by Crippen LogP contribution is 2.38. The Kier molecular flexibility index (Phi) is 6.15. The van der Waals surface area contributed by atoms with Crippen LogP contribution >= 0.6 is 0 Å². The van der Waals surface area contributed by atoms with Crippen molar-refractivity contribution in [3.8, 4) is 17.2 Å². The summed E-state index contributed by atoms with van der Waals surface area (Å²) in [6, 6.07) is 3.78. The molecule has 0 aliphatic carbocycles. The van der Waals surface area contributed by atoms with Crippen molar-refractivity contribution in [3.63, 3.8) is 0 Å². The summed E-state index contributed by atoms with van der Waals surface area (Å²) in [5.74, 6) is 1.87. The van der Waals surface area contributed by atoms with Gasteiger partial charge in [0.1, 0.15) is 0 Å².